The lowest BCUT2D eigenvalue weighted by Gasteiger charge is -2.39. The van der Waals surface area contributed by atoms with Gasteiger partial charge in [-0.2, -0.15) is 0 Å². The summed E-state index contributed by atoms with van der Waals surface area (Å²) in [4.78, 5) is 24.6. The molecule has 6 nitrogen and oxygen atoms in total. The zero-order chi connectivity index (χ0) is 22.8. The molecule has 0 bridgehead atoms. The van der Waals surface area contributed by atoms with E-state index in [1.165, 1.54) is 0 Å². The first-order valence-corrected chi connectivity index (χ1v) is 11.5. The van der Waals surface area contributed by atoms with Gasteiger partial charge < -0.3 is 15.2 Å². The first-order valence-electron chi connectivity index (χ1n) is 11.5. The molecule has 0 spiro atoms. The van der Waals surface area contributed by atoms with Crippen LogP contribution in [0.2, 0.25) is 0 Å². The van der Waals surface area contributed by atoms with Crippen molar-refractivity contribution in [3.8, 4) is 0 Å². The number of amides is 1. The number of imidazole rings is 1. The Hall–Kier alpha value is -3.51. The summed E-state index contributed by atoms with van der Waals surface area (Å²) in [5.41, 5.74) is 9.42. The van der Waals surface area contributed by atoms with Crippen molar-refractivity contribution in [2.45, 2.75) is 31.8 Å². The lowest BCUT2D eigenvalue weighted by molar-refractivity contribution is -0.137. The summed E-state index contributed by atoms with van der Waals surface area (Å²) in [6, 6.07) is 21.4. The van der Waals surface area contributed by atoms with Crippen LogP contribution in [0.25, 0.3) is 11.0 Å². The van der Waals surface area contributed by atoms with Crippen LogP contribution in [0.1, 0.15) is 29.8 Å². The number of nitrogens with two attached hydrogens (primary N) is 1. The number of rotatable bonds is 5. The second-order valence-corrected chi connectivity index (χ2v) is 8.91. The molecule has 2 aromatic heterocycles. The van der Waals surface area contributed by atoms with Gasteiger partial charge in [0.25, 0.3) is 5.91 Å². The van der Waals surface area contributed by atoms with Gasteiger partial charge in [-0.05, 0) is 42.9 Å². The first kappa shape index (κ1) is 21.3. The molecule has 3 heterocycles. The van der Waals surface area contributed by atoms with Crippen molar-refractivity contribution in [2.75, 3.05) is 13.1 Å². The molecule has 33 heavy (non-hydrogen) atoms. The molecule has 4 aromatic rings. The van der Waals surface area contributed by atoms with Crippen molar-refractivity contribution in [1.29, 1.82) is 0 Å². The van der Waals surface area contributed by atoms with Gasteiger partial charge in [0, 0.05) is 25.8 Å². The molecule has 0 unspecified atom stereocenters. The van der Waals surface area contributed by atoms with Crippen LogP contribution in [-0.4, -0.2) is 38.4 Å². The number of likely N-dealkylation sites (tertiary alicyclic amines) is 1. The number of carbonyl (C=O) groups is 1. The van der Waals surface area contributed by atoms with Crippen LogP contribution in [0.15, 0.2) is 79.1 Å². The van der Waals surface area contributed by atoms with Crippen LogP contribution in [0.4, 0.5) is 0 Å². The van der Waals surface area contributed by atoms with Crippen LogP contribution >= 0.6 is 0 Å². The standard InChI is InChI=1S/C27H29N5O/c1-20-30-24-18-29-15-12-25(24)32(20)19-21-13-16-31(17-14-21)26(33)27(28,22-8-4-2-5-9-22)23-10-6-3-7-11-23/h2-12,15,18,21H,13-14,16-17,19,28H2,1H3. The molecule has 5 rings (SSSR count). The molecule has 0 radical (unpaired) electrons. The van der Waals surface area contributed by atoms with Gasteiger partial charge in [-0.25, -0.2) is 4.98 Å². The Bertz CT molecular complexity index is 1200. The molecule has 1 aliphatic rings. The molecule has 1 saturated heterocycles. The zero-order valence-electron chi connectivity index (χ0n) is 18.9. The predicted octanol–water partition coefficient (Wildman–Crippen LogP) is 3.88. The molecule has 0 atom stereocenters. The number of aryl methyl sites for hydroxylation is 1. The average molecular weight is 440 g/mol. The Kier molecular flexibility index (Phi) is 5.68. The SMILES string of the molecule is Cc1nc2cnccc2n1CC1CCN(C(=O)C(N)(c2ccccc2)c2ccccc2)CC1. The number of hydrogen-bond acceptors (Lipinski definition) is 4. The maximum atomic E-state index is 13.9. The van der Waals surface area contributed by atoms with Crippen molar-refractivity contribution < 1.29 is 4.79 Å². The number of fused-ring (bicyclic) bond motifs is 1. The Morgan fingerprint density at radius 1 is 1.00 bits per heavy atom. The van der Waals surface area contributed by atoms with Crippen LogP contribution in [0.5, 0.6) is 0 Å². The first-order chi connectivity index (χ1) is 16.1. The van der Waals surface area contributed by atoms with E-state index in [1.54, 1.807) is 0 Å². The number of benzene rings is 2. The quantitative estimate of drug-likeness (QED) is 0.512. The highest BCUT2D eigenvalue weighted by atomic mass is 16.2. The molecule has 1 fully saturated rings. The summed E-state index contributed by atoms with van der Waals surface area (Å²) in [5.74, 6) is 1.46. The Labute approximate surface area is 194 Å². The molecule has 2 N–H and O–H groups in total. The number of carbonyl (C=O) groups excluding carboxylic acids is 1. The third kappa shape index (κ3) is 3.91. The fraction of sp³-hybridized carbons (Fsp3) is 0.296. The van der Waals surface area contributed by atoms with E-state index in [-0.39, 0.29) is 5.91 Å². The molecular formula is C27H29N5O. The molecule has 0 aliphatic carbocycles. The lowest BCUT2D eigenvalue weighted by atomic mass is 9.81. The van der Waals surface area contributed by atoms with E-state index in [9.17, 15) is 4.79 Å². The molecule has 2 aromatic carbocycles. The molecule has 1 aliphatic heterocycles. The topological polar surface area (TPSA) is 77.0 Å². The van der Waals surface area contributed by atoms with E-state index in [0.717, 1.165) is 47.4 Å². The highest BCUT2D eigenvalue weighted by Crippen LogP contribution is 2.31. The minimum absolute atomic E-state index is 0.0336. The largest absolute Gasteiger partial charge is 0.340 e. The van der Waals surface area contributed by atoms with E-state index in [4.69, 9.17) is 5.73 Å². The number of aromatic nitrogens is 3. The third-order valence-corrected chi connectivity index (χ3v) is 6.88. The van der Waals surface area contributed by atoms with Gasteiger partial charge >= 0.3 is 0 Å². The van der Waals surface area contributed by atoms with Gasteiger partial charge in [0.1, 0.15) is 16.9 Å². The molecule has 6 heteroatoms. The van der Waals surface area contributed by atoms with Crippen molar-refractivity contribution >= 4 is 16.9 Å². The summed E-state index contributed by atoms with van der Waals surface area (Å²) in [5, 5.41) is 0. The maximum Gasteiger partial charge on any atom is 0.251 e. The maximum absolute atomic E-state index is 13.9. The summed E-state index contributed by atoms with van der Waals surface area (Å²) >= 11 is 0. The number of piperidine rings is 1. The van der Waals surface area contributed by atoms with Gasteiger partial charge in [0.15, 0.2) is 0 Å². The fourth-order valence-corrected chi connectivity index (χ4v) is 4.97. The normalized spacial score (nSPS) is 15.2. The van der Waals surface area contributed by atoms with Gasteiger partial charge in [-0.3, -0.25) is 9.78 Å². The predicted molar refractivity (Wildman–Crippen MR) is 129 cm³/mol. The van der Waals surface area contributed by atoms with Crippen LogP contribution in [0.3, 0.4) is 0 Å². The monoisotopic (exact) mass is 439 g/mol. The summed E-state index contributed by atoms with van der Waals surface area (Å²) in [7, 11) is 0. The van der Waals surface area contributed by atoms with Gasteiger partial charge in [0.05, 0.1) is 11.7 Å². The molecule has 1 amide bonds. The minimum atomic E-state index is -1.19. The second kappa shape index (κ2) is 8.79. The fourth-order valence-electron chi connectivity index (χ4n) is 4.97. The molecule has 0 saturated carbocycles. The van der Waals surface area contributed by atoms with Gasteiger partial charge in [-0.15, -0.1) is 0 Å². The number of pyridine rings is 1. The smallest absolute Gasteiger partial charge is 0.251 e. The summed E-state index contributed by atoms with van der Waals surface area (Å²) in [6.45, 7) is 4.35. The van der Waals surface area contributed by atoms with E-state index in [0.29, 0.717) is 19.0 Å². The van der Waals surface area contributed by atoms with E-state index >= 15 is 0 Å². The van der Waals surface area contributed by atoms with E-state index < -0.39 is 5.54 Å². The van der Waals surface area contributed by atoms with Gasteiger partial charge in [0.2, 0.25) is 0 Å². The van der Waals surface area contributed by atoms with Crippen molar-refractivity contribution in [3.05, 3.63) is 96.1 Å². The Balaban J connectivity index is 1.34. The minimum Gasteiger partial charge on any atom is -0.340 e. The third-order valence-electron chi connectivity index (χ3n) is 6.88. The van der Waals surface area contributed by atoms with Crippen LogP contribution in [-0.2, 0) is 16.9 Å². The van der Waals surface area contributed by atoms with E-state index in [1.807, 2.05) is 90.9 Å². The van der Waals surface area contributed by atoms with Crippen molar-refractivity contribution in [1.82, 2.24) is 19.4 Å². The second-order valence-electron chi connectivity index (χ2n) is 8.91. The van der Waals surface area contributed by atoms with Crippen molar-refractivity contribution in [2.24, 2.45) is 11.7 Å². The van der Waals surface area contributed by atoms with Crippen LogP contribution < -0.4 is 5.73 Å². The van der Waals surface area contributed by atoms with Gasteiger partial charge in [-0.1, -0.05) is 60.7 Å². The highest BCUT2D eigenvalue weighted by molar-refractivity contribution is 5.91. The average Bonchev–Trinajstić information content (AvgIpc) is 3.19. The van der Waals surface area contributed by atoms with Crippen LogP contribution in [0, 0.1) is 12.8 Å². The molecular weight excluding hydrogens is 410 g/mol. The highest BCUT2D eigenvalue weighted by Gasteiger charge is 2.41. The Morgan fingerprint density at radius 2 is 1.61 bits per heavy atom. The number of nitrogens with zero attached hydrogens (tertiary/aromatic N) is 4. The van der Waals surface area contributed by atoms with E-state index in [2.05, 4.69) is 14.5 Å². The number of hydrogen-bond donors (Lipinski definition) is 1. The summed E-state index contributed by atoms with van der Waals surface area (Å²) in [6.07, 6.45) is 5.51. The summed E-state index contributed by atoms with van der Waals surface area (Å²) < 4.78 is 2.28. The Morgan fingerprint density at radius 3 is 2.21 bits per heavy atom. The zero-order valence-corrected chi connectivity index (χ0v) is 18.9. The molecule has 168 valence electrons. The lowest BCUT2D eigenvalue weighted by Crippen LogP contribution is -2.55. The van der Waals surface area contributed by atoms with Crippen molar-refractivity contribution in [3.63, 3.8) is 0 Å².